The number of hydrogen-bond acceptors (Lipinski definition) is 3. The zero-order valence-electron chi connectivity index (χ0n) is 6.52. The number of nitrogens with zero attached hydrogens (tertiary/aromatic N) is 2. The van der Waals surface area contributed by atoms with E-state index in [0.717, 1.165) is 0 Å². The molecule has 1 amide bonds. The predicted molar refractivity (Wildman–Crippen MR) is 42.1 cm³/mol. The summed E-state index contributed by atoms with van der Waals surface area (Å²) in [7, 11) is 1.66. The molecule has 0 spiro atoms. The van der Waals surface area contributed by atoms with Gasteiger partial charge in [-0.3, -0.25) is 9.79 Å². The average molecular weight is 166 g/mol. The largest absolute Gasteiger partial charge is 0.864 e. The molecule has 0 atom stereocenters. The fourth-order valence-electron chi connectivity index (χ4n) is 0.924. The van der Waals surface area contributed by atoms with Crippen molar-refractivity contribution in [1.82, 2.24) is 4.57 Å². The molecule has 0 aliphatic rings. The van der Waals surface area contributed by atoms with Gasteiger partial charge in [0.2, 0.25) is 0 Å². The highest BCUT2D eigenvalue weighted by Gasteiger charge is 2.05. The Hall–Kier alpha value is -1.78. The van der Waals surface area contributed by atoms with Gasteiger partial charge in [-0.25, -0.2) is 0 Å². The van der Waals surface area contributed by atoms with E-state index in [1.165, 1.54) is 10.6 Å². The van der Waals surface area contributed by atoms with Crippen molar-refractivity contribution in [2.75, 3.05) is 0 Å². The molecule has 64 valence electrons. The SMILES string of the molecule is Cn1cc(N=C[O-])cc1C(N)=O. The number of aromatic nitrogens is 1. The van der Waals surface area contributed by atoms with Crippen LogP contribution in [0, 0.1) is 0 Å². The van der Waals surface area contributed by atoms with Gasteiger partial charge in [0.15, 0.2) is 0 Å². The van der Waals surface area contributed by atoms with Crippen LogP contribution in [-0.4, -0.2) is 16.9 Å². The third-order valence-electron chi connectivity index (χ3n) is 1.44. The van der Waals surface area contributed by atoms with E-state index in [9.17, 15) is 9.90 Å². The molecule has 1 rings (SSSR count). The van der Waals surface area contributed by atoms with E-state index < -0.39 is 5.91 Å². The molecule has 0 aliphatic heterocycles. The van der Waals surface area contributed by atoms with Crippen molar-refractivity contribution in [3.05, 3.63) is 18.0 Å². The van der Waals surface area contributed by atoms with Crippen LogP contribution in [0.15, 0.2) is 17.3 Å². The lowest BCUT2D eigenvalue weighted by molar-refractivity contribution is -0.200. The highest BCUT2D eigenvalue weighted by molar-refractivity contribution is 5.92. The van der Waals surface area contributed by atoms with Crippen LogP contribution in [0.25, 0.3) is 0 Å². The first kappa shape index (κ1) is 8.32. The van der Waals surface area contributed by atoms with Gasteiger partial charge in [0.1, 0.15) is 5.69 Å². The second kappa shape index (κ2) is 3.08. The van der Waals surface area contributed by atoms with E-state index in [2.05, 4.69) is 4.99 Å². The van der Waals surface area contributed by atoms with Crippen LogP contribution in [0.3, 0.4) is 0 Å². The molecule has 0 radical (unpaired) electrons. The maximum atomic E-state index is 10.7. The normalized spacial score (nSPS) is 10.8. The lowest BCUT2D eigenvalue weighted by Crippen LogP contribution is -2.14. The molecular formula is C7H8N3O2-. The number of aryl methyl sites for hydroxylation is 1. The van der Waals surface area contributed by atoms with Gasteiger partial charge in [0.25, 0.3) is 5.91 Å². The van der Waals surface area contributed by atoms with E-state index in [4.69, 9.17) is 5.73 Å². The lowest BCUT2D eigenvalue weighted by atomic mass is 10.4. The third-order valence-corrected chi connectivity index (χ3v) is 1.44. The molecule has 5 nitrogen and oxygen atoms in total. The van der Waals surface area contributed by atoms with E-state index in [1.54, 1.807) is 13.2 Å². The molecule has 0 unspecified atom stereocenters. The Bertz CT molecular complexity index is 327. The van der Waals surface area contributed by atoms with Crippen molar-refractivity contribution in [3.8, 4) is 0 Å². The molecule has 12 heavy (non-hydrogen) atoms. The second-order valence-electron chi connectivity index (χ2n) is 2.29. The molecule has 1 heterocycles. The Balaban J connectivity index is 3.08. The molecule has 5 heteroatoms. The first-order valence-electron chi connectivity index (χ1n) is 3.26. The minimum atomic E-state index is -0.537. The monoisotopic (exact) mass is 166 g/mol. The molecule has 0 bridgehead atoms. The topological polar surface area (TPSA) is 83.4 Å². The van der Waals surface area contributed by atoms with E-state index in [0.29, 0.717) is 17.8 Å². The van der Waals surface area contributed by atoms with Gasteiger partial charge in [0, 0.05) is 13.2 Å². The summed E-state index contributed by atoms with van der Waals surface area (Å²) in [6.07, 6.45) is 1.97. The Morgan fingerprint density at radius 1 is 1.83 bits per heavy atom. The van der Waals surface area contributed by atoms with Crippen molar-refractivity contribution < 1.29 is 9.90 Å². The minimum absolute atomic E-state index is 0.329. The number of primary amides is 1. The standard InChI is InChI=1S/C7H9N3O2/c1-10-3-5(9-4-11)2-6(10)7(8)12/h2-4H,1H3,(H2,8,12)(H,9,11)/p-1. The van der Waals surface area contributed by atoms with E-state index in [-0.39, 0.29) is 0 Å². The van der Waals surface area contributed by atoms with Crippen LogP contribution < -0.4 is 10.8 Å². The van der Waals surface area contributed by atoms with Crippen LogP contribution in [0.5, 0.6) is 0 Å². The molecule has 0 saturated carbocycles. The number of rotatable bonds is 2. The van der Waals surface area contributed by atoms with Crippen LogP contribution >= 0.6 is 0 Å². The summed E-state index contributed by atoms with van der Waals surface area (Å²) in [6.45, 7) is 0. The Labute approximate surface area is 69.1 Å². The molecule has 1 aromatic rings. The minimum Gasteiger partial charge on any atom is -0.864 e. The smallest absolute Gasteiger partial charge is 0.265 e. The summed E-state index contributed by atoms with van der Waals surface area (Å²) in [5.41, 5.74) is 5.80. The molecule has 0 fully saturated rings. The van der Waals surface area contributed by atoms with Crippen molar-refractivity contribution in [3.63, 3.8) is 0 Å². The van der Waals surface area contributed by atoms with Gasteiger partial charge in [-0.15, -0.1) is 0 Å². The fourth-order valence-corrected chi connectivity index (χ4v) is 0.924. The van der Waals surface area contributed by atoms with Crippen LogP contribution in [0.4, 0.5) is 5.69 Å². The summed E-state index contributed by atoms with van der Waals surface area (Å²) in [4.78, 5) is 14.2. The van der Waals surface area contributed by atoms with Gasteiger partial charge >= 0.3 is 0 Å². The Kier molecular flexibility index (Phi) is 2.14. The summed E-state index contributed by atoms with van der Waals surface area (Å²) in [5.74, 6) is -0.537. The number of carbonyl (C=O) groups excluding carboxylic acids is 1. The second-order valence-corrected chi connectivity index (χ2v) is 2.29. The Morgan fingerprint density at radius 3 is 2.92 bits per heavy atom. The highest BCUT2D eigenvalue weighted by atomic mass is 16.3. The quantitative estimate of drug-likeness (QED) is 0.458. The number of aliphatic imine (C=N–C) groups is 1. The van der Waals surface area contributed by atoms with Gasteiger partial charge in [0.05, 0.1) is 5.69 Å². The number of carbonyl (C=O) groups is 1. The first-order valence-corrected chi connectivity index (χ1v) is 3.26. The fraction of sp³-hybridized carbons (Fsp3) is 0.143. The Morgan fingerprint density at radius 2 is 2.50 bits per heavy atom. The van der Waals surface area contributed by atoms with Gasteiger partial charge in [-0.05, 0) is 6.07 Å². The van der Waals surface area contributed by atoms with Crippen LogP contribution in [0.2, 0.25) is 0 Å². The molecular weight excluding hydrogens is 158 g/mol. The van der Waals surface area contributed by atoms with Gasteiger partial charge in [-0.1, -0.05) is 6.40 Å². The third kappa shape index (κ3) is 1.45. The zero-order chi connectivity index (χ0) is 9.14. The molecule has 1 aromatic heterocycles. The summed E-state index contributed by atoms with van der Waals surface area (Å²) < 4.78 is 1.52. The van der Waals surface area contributed by atoms with E-state index in [1.807, 2.05) is 0 Å². The predicted octanol–water partition coefficient (Wildman–Crippen LogP) is -0.856. The molecule has 0 saturated heterocycles. The van der Waals surface area contributed by atoms with Crippen molar-refractivity contribution in [2.45, 2.75) is 0 Å². The van der Waals surface area contributed by atoms with Gasteiger partial charge in [-0.2, -0.15) is 0 Å². The number of amides is 1. The number of hydrogen-bond donors (Lipinski definition) is 1. The average Bonchev–Trinajstić information content (AvgIpc) is 2.32. The van der Waals surface area contributed by atoms with Gasteiger partial charge < -0.3 is 15.4 Å². The van der Waals surface area contributed by atoms with Crippen molar-refractivity contribution >= 4 is 18.0 Å². The maximum absolute atomic E-state index is 10.7. The van der Waals surface area contributed by atoms with Crippen molar-refractivity contribution in [1.29, 1.82) is 0 Å². The highest BCUT2D eigenvalue weighted by Crippen LogP contribution is 2.14. The summed E-state index contributed by atoms with van der Waals surface area (Å²) in [6, 6.07) is 1.46. The summed E-state index contributed by atoms with van der Waals surface area (Å²) >= 11 is 0. The van der Waals surface area contributed by atoms with Crippen LogP contribution in [0.1, 0.15) is 10.5 Å². The number of nitrogens with two attached hydrogens (primary N) is 1. The first-order chi connectivity index (χ1) is 5.65. The maximum Gasteiger partial charge on any atom is 0.265 e. The molecule has 2 N–H and O–H groups in total. The summed E-state index contributed by atoms with van der Waals surface area (Å²) in [5, 5.41) is 9.97. The molecule has 0 aromatic carbocycles. The zero-order valence-corrected chi connectivity index (χ0v) is 6.52. The van der Waals surface area contributed by atoms with Crippen molar-refractivity contribution in [2.24, 2.45) is 17.8 Å². The lowest BCUT2D eigenvalue weighted by Gasteiger charge is -1.93. The molecule has 0 aliphatic carbocycles. The van der Waals surface area contributed by atoms with E-state index >= 15 is 0 Å². The van der Waals surface area contributed by atoms with Crippen LogP contribution in [-0.2, 0) is 7.05 Å².